The van der Waals surface area contributed by atoms with Gasteiger partial charge in [0.25, 0.3) is 0 Å². The van der Waals surface area contributed by atoms with Gasteiger partial charge in [0.05, 0.1) is 0 Å². The fraction of sp³-hybridized carbons (Fsp3) is 0.381. The van der Waals surface area contributed by atoms with Crippen LogP contribution in [0.2, 0.25) is 0 Å². The highest BCUT2D eigenvalue weighted by Gasteiger charge is 2.14. The maximum atomic E-state index is 12.1. The third-order valence-electron chi connectivity index (χ3n) is 4.62. The van der Waals surface area contributed by atoms with Gasteiger partial charge in [0.1, 0.15) is 11.5 Å². The van der Waals surface area contributed by atoms with E-state index in [1.807, 2.05) is 54.6 Å². The number of hydrogen-bond donors (Lipinski definition) is 1. The average Bonchev–Trinajstić information content (AvgIpc) is 2.63. The van der Waals surface area contributed by atoms with Crippen molar-refractivity contribution in [2.45, 2.75) is 44.9 Å². The molecule has 0 bridgehead atoms. The second-order valence-corrected chi connectivity index (χ2v) is 6.53. The normalized spacial score (nSPS) is 15.0. The molecule has 0 aliphatic heterocycles. The molecular formula is C21H25NO2. The summed E-state index contributed by atoms with van der Waals surface area (Å²) in [5.74, 6) is 2.42. The first-order valence-corrected chi connectivity index (χ1v) is 8.92. The largest absolute Gasteiger partial charge is 0.457 e. The number of rotatable bonds is 6. The zero-order chi connectivity index (χ0) is 16.6. The smallest absolute Gasteiger partial charge is 0.224 e. The first-order chi connectivity index (χ1) is 11.8. The van der Waals surface area contributed by atoms with E-state index in [0.717, 1.165) is 29.5 Å². The molecule has 0 heterocycles. The molecule has 1 fully saturated rings. The minimum absolute atomic E-state index is 0.109. The van der Waals surface area contributed by atoms with Gasteiger partial charge in [0.15, 0.2) is 0 Å². The summed E-state index contributed by atoms with van der Waals surface area (Å²) in [7, 11) is 0. The Hall–Kier alpha value is -2.29. The number of hydrogen-bond acceptors (Lipinski definition) is 2. The van der Waals surface area contributed by atoms with Crippen molar-refractivity contribution in [3.8, 4) is 11.5 Å². The third kappa shape index (κ3) is 5.12. The highest BCUT2D eigenvalue weighted by atomic mass is 16.5. The zero-order valence-corrected chi connectivity index (χ0v) is 14.0. The number of para-hydroxylation sites is 1. The van der Waals surface area contributed by atoms with Gasteiger partial charge in [-0.15, -0.1) is 0 Å². The second-order valence-electron chi connectivity index (χ2n) is 6.53. The lowest BCUT2D eigenvalue weighted by atomic mass is 9.86. The molecule has 1 saturated carbocycles. The van der Waals surface area contributed by atoms with Crippen LogP contribution < -0.4 is 10.1 Å². The van der Waals surface area contributed by atoms with Gasteiger partial charge < -0.3 is 10.1 Å². The summed E-state index contributed by atoms with van der Waals surface area (Å²) in [5.41, 5.74) is 0.823. The Labute approximate surface area is 144 Å². The summed E-state index contributed by atoms with van der Waals surface area (Å²) in [6.07, 6.45) is 8.23. The highest BCUT2D eigenvalue weighted by molar-refractivity contribution is 5.90. The molecule has 3 rings (SSSR count). The van der Waals surface area contributed by atoms with E-state index in [2.05, 4.69) is 5.32 Å². The Morgan fingerprint density at radius 3 is 2.29 bits per heavy atom. The van der Waals surface area contributed by atoms with Crippen molar-refractivity contribution >= 4 is 11.6 Å². The van der Waals surface area contributed by atoms with Crippen molar-refractivity contribution in [3.05, 3.63) is 54.6 Å². The van der Waals surface area contributed by atoms with E-state index < -0.39 is 0 Å². The van der Waals surface area contributed by atoms with Gasteiger partial charge in [-0.05, 0) is 48.7 Å². The van der Waals surface area contributed by atoms with Crippen LogP contribution in [0.25, 0.3) is 0 Å². The lowest BCUT2D eigenvalue weighted by Gasteiger charge is -2.21. The van der Waals surface area contributed by atoms with Crippen LogP contribution in [0.4, 0.5) is 5.69 Å². The maximum Gasteiger partial charge on any atom is 0.224 e. The molecule has 0 spiro atoms. The van der Waals surface area contributed by atoms with E-state index in [-0.39, 0.29) is 5.91 Å². The number of carbonyl (C=O) groups is 1. The number of ether oxygens (including phenoxy) is 1. The van der Waals surface area contributed by atoms with Gasteiger partial charge in [-0.2, -0.15) is 0 Å². The molecule has 126 valence electrons. The lowest BCUT2D eigenvalue weighted by Crippen LogP contribution is -2.14. The molecule has 1 aliphatic rings. The molecule has 3 nitrogen and oxygen atoms in total. The molecule has 2 aromatic carbocycles. The molecule has 0 radical (unpaired) electrons. The molecule has 1 amide bonds. The number of anilines is 1. The van der Waals surface area contributed by atoms with Gasteiger partial charge in [0, 0.05) is 12.1 Å². The van der Waals surface area contributed by atoms with Crippen LogP contribution in [-0.4, -0.2) is 5.91 Å². The van der Waals surface area contributed by atoms with Crippen LogP contribution in [0.5, 0.6) is 11.5 Å². The van der Waals surface area contributed by atoms with Gasteiger partial charge in [-0.25, -0.2) is 0 Å². The first-order valence-electron chi connectivity index (χ1n) is 8.92. The molecule has 0 aromatic heterocycles. The minimum Gasteiger partial charge on any atom is -0.457 e. The van der Waals surface area contributed by atoms with Crippen molar-refractivity contribution in [3.63, 3.8) is 0 Å². The summed E-state index contributed by atoms with van der Waals surface area (Å²) in [6.45, 7) is 0. The molecule has 0 saturated heterocycles. The number of amides is 1. The van der Waals surface area contributed by atoms with Crippen molar-refractivity contribution in [1.29, 1.82) is 0 Å². The van der Waals surface area contributed by atoms with Gasteiger partial charge in [0.2, 0.25) is 5.91 Å². The van der Waals surface area contributed by atoms with Gasteiger partial charge in [-0.3, -0.25) is 4.79 Å². The number of benzene rings is 2. The number of carbonyl (C=O) groups excluding carboxylic acids is 1. The third-order valence-corrected chi connectivity index (χ3v) is 4.62. The second kappa shape index (κ2) is 8.53. The van der Waals surface area contributed by atoms with E-state index in [0.29, 0.717) is 6.42 Å². The zero-order valence-electron chi connectivity index (χ0n) is 14.0. The predicted octanol–water partition coefficient (Wildman–Crippen LogP) is 5.78. The molecule has 3 heteroatoms. The molecule has 0 atom stereocenters. The fourth-order valence-corrected chi connectivity index (χ4v) is 3.27. The molecule has 24 heavy (non-hydrogen) atoms. The van der Waals surface area contributed by atoms with Crippen LogP contribution in [0.3, 0.4) is 0 Å². The Kier molecular flexibility index (Phi) is 5.89. The highest BCUT2D eigenvalue weighted by Crippen LogP contribution is 2.27. The molecular weight excluding hydrogens is 298 g/mol. The Balaban J connectivity index is 1.45. The summed E-state index contributed by atoms with van der Waals surface area (Å²) < 4.78 is 5.75. The van der Waals surface area contributed by atoms with Gasteiger partial charge >= 0.3 is 0 Å². The molecule has 0 unspecified atom stereocenters. The SMILES string of the molecule is O=C(CCC1CCCCC1)Nc1ccc(Oc2ccccc2)cc1. The van der Waals surface area contributed by atoms with Crippen LogP contribution in [-0.2, 0) is 4.79 Å². The van der Waals surface area contributed by atoms with E-state index in [1.165, 1.54) is 32.1 Å². The van der Waals surface area contributed by atoms with E-state index >= 15 is 0 Å². The maximum absolute atomic E-state index is 12.1. The van der Waals surface area contributed by atoms with E-state index in [1.54, 1.807) is 0 Å². The molecule has 1 N–H and O–H groups in total. The van der Waals surface area contributed by atoms with Crippen LogP contribution in [0.1, 0.15) is 44.9 Å². The summed E-state index contributed by atoms with van der Waals surface area (Å²) in [4.78, 5) is 12.1. The lowest BCUT2D eigenvalue weighted by molar-refractivity contribution is -0.116. The van der Waals surface area contributed by atoms with Crippen molar-refractivity contribution < 1.29 is 9.53 Å². The van der Waals surface area contributed by atoms with E-state index in [4.69, 9.17) is 4.74 Å². The van der Waals surface area contributed by atoms with Crippen LogP contribution in [0, 0.1) is 5.92 Å². The van der Waals surface area contributed by atoms with Crippen molar-refractivity contribution in [2.24, 2.45) is 5.92 Å². The van der Waals surface area contributed by atoms with Crippen molar-refractivity contribution in [1.82, 2.24) is 0 Å². The Bertz CT molecular complexity index is 631. The Morgan fingerprint density at radius 2 is 1.58 bits per heavy atom. The topological polar surface area (TPSA) is 38.3 Å². The van der Waals surface area contributed by atoms with Gasteiger partial charge in [-0.1, -0.05) is 50.3 Å². The summed E-state index contributed by atoms with van der Waals surface area (Å²) >= 11 is 0. The first kappa shape index (κ1) is 16.6. The molecule has 2 aromatic rings. The van der Waals surface area contributed by atoms with Crippen LogP contribution in [0.15, 0.2) is 54.6 Å². The van der Waals surface area contributed by atoms with E-state index in [9.17, 15) is 4.79 Å². The Morgan fingerprint density at radius 1 is 0.917 bits per heavy atom. The summed E-state index contributed by atoms with van der Waals surface area (Å²) in [5, 5.41) is 2.98. The number of nitrogens with one attached hydrogen (secondary N) is 1. The molecule has 1 aliphatic carbocycles. The minimum atomic E-state index is 0.109. The van der Waals surface area contributed by atoms with Crippen molar-refractivity contribution in [2.75, 3.05) is 5.32 Å². The summed E-state index contributed by atoms with van der Waals surface area (Å²) in [6, 6.07) is 17.2. The quantitative estimate of drug-likeness (QED) is 0.732. The average molecular weight is 323 g/mol. The van der Waals surface area contributed by atoms with Crippen LogP contribution >= 0.6 is 0 Å². The standard InChI is InChI=1S/C21H25NO2/c23-21(16-11-17-7-3-1-4-8-17)22-18-12-14-20(15-13-18)24-19-9-5-2-6-10-19/h2,5-6,9-10,12-15,17H,1,3-4,7-8,11,16H2,(H,22,23). The fourth-order valence-electron chi connectivity index (χ4n) is 3.27. The monoisotopic (exact) mass is 323 g/mol. The predicted molar refractivity (Wildman–Crippen MR) is 97.4 cm³/mol.